The van der Waals surface area contributed by atoms with Crippen LogP contribution in [-0.2, 0) is 4.79 Å². The van der Waals surface area contributed by atoms with Gasteiger partial charge in [0.05, 0.1) is 21.7 Å². The molecule has 0 bridgehead atoms. The number of nitrogens with one attached hydrogen (secondary N) is 1. The van der Waals surface area contributed by atoms with Crippen molar-refractivity contribution in [3.63, 3.8) is 0 Å². The minimum Gasteiger partial charge on any atom is -0.300 e. The molecule has 0 unspecified atom stereocenters. The number of rotatable bonds is 5. The summed E-state index contributed by atoms with van der Waals surface area (Å²) in [4.78, 5) is 44.3. The summed E-state index contributed by atoms with van der Waals surface area (Å²) in [6, 6.07) is 26.1. The quantitative estimate of drug-likeness (QED) is 0.457. The largest absolute Gasteiger partial charge is 0.300 e. The minimum atomic E-state index is -0.479. The molecule has 1 aliphatic heterocycles. The molecule has 156 valence electrons. The van der Waals surface area contributed by atoms with Crippen molar-refractivity contribution in [3.05, 3.63) is 96.1 Å². The second-order valence-electron chi connectivity index (χ2n) is 7.22. The standard InChI is InChI=1S/C25H17N3O3S/c29-20(15-28-23(30)18-13-7-8-14-19(18)24(28)31)26-25-27-21(16-9-3-1-4-10-16)22(32-25)17-11-5-2-6-12-17/h1-14H,15H2,(H,26,27,29). The number of anilines is 1. The summed E-state index contributed by atoms with van der Waals surface area (Å²) in [6.45, 7) is -0.368. The Balaban J connectivity index is 1.40. The number of hydrogen-bond donors (Lipinski definition) is 1. The zero-order valence-electron chi connectivity index (χ0n) is 16.8. The van der Waals surface area contributed by atoms with Crippen molar-refractivity contribution in [3.8, 4) is 21.7 Å². The van der Waals surface area contributed by atoms with Crippen LogP contribution in [0.1, 0.15) is 20.7 Å². The predicted octanol–water partition coefficient (Wildman–Crippen LogP) is 4.71. The molecule has 32 heavy (non-hydrogen) atoms. The summed E-state index contributed by atoms with van der Waals surface area (Å²) >= 11 is 1.35. The van der Waals surface area contributed by atoms with Crippen LogP contribution in [0.3, 0.4) is 0 Å². The van der Waals surface area contributed by atoms with Gasteiger partial charge >= 0.3 is 0 Å². The lowest BCUT2D eigenvalue weighted by molar-refractivity contribution is -0.116. The van der Waals surface area contributed by atoms with E-state index in [1.54, 1.807) is 24.3 Å². The van der Waals surface area contributed by atoms with Crippen LogP contribution in [0.25, 0.3) is 21.7 Å². The van der Waals surface area contributed by atoms with E-state index in [-0.39, 0.29) is 6.54 Å². The Morgan fingerprint density at radius 2 is 1.31 bits per heavy atom. The van der Waals surface area contributed by atoms with E-state index in [0.717, 1.165) is 26.6 Å². The molecule has 0 atom stereocenters. The van der Waals surface area contributed by atoms with Crippen LogP contribution in [0, 0.1) is 0 Å². The van der Waals surface area contributed by atoms with Gasteiger partial charge in [-0.1, -0.05) is 84.1 Å². The lowest BCUT2D eigenvalue weighted by Crippen LogP contribution is -2.37. The van der Waals surface area contributed by atoms with Gasteiger partial charge in [-0.15, -0.1) is 0 Å². The van der Waals surface area contributed by atoms with Gasteiger partial charge in [-0.2, -0.15) is 0 Å². The fourth-order valence-corrected chi connectivity index (χ4v) is 4.64. The van der Waals surface area contributed by atoms with Gasteiger partial charge in [0.25, 0.3) is 11.8 Å². The average Bonchev–Trinajstić information content (AvgIpc) is 3.35. The van der Waals surface area contributed by atoms with Gasteiger partial charge in [0, 0.05) is 5.56 Å². The number of carbonyl (C=O) groups excluding carboxylic acids is 3. The lowest BCUT2D eigenvalue weighted by Gasteiger charge is -2.12. The Bertz CT molecular complexity index is 1240. The number of amides is 3. The molecule has 0 fully saturated rings. The third-order valence-corrected chi connectivity index (χ3v) is 6.16. The zero-order valence-corrected chi connectivity index (χ0v) is 17.6. The number of hydrogen-bond acceptors (Lipinski definition) is 5. The topological polar surface area (TPSA) is 79.4 Å². The third kappa shape index (κ3) is 3.59. The van der Waals surface area contributed by atoms with Crippen LogP contribution in [0.5, 0.6) is 0 Å². The maximum absolute atomic E-state index is 12.7. The fraction of sp³-hybridized carbons (Fsp3) is 0.0400. The highest BCUT2D eigenvalue weighted by Crippen LogP contribution is 2.38. The van der Waals surface area contributed by atoms with Gasteiger partial charge in [-0.05, 0) is 17.7 Å². The monoisotopic (exact) mass is 439 g/mol. The van der Waals surface area contributed by atoms with Crippen molar-refractivity contribution in [2.45, 2.75) is 0 Å². The molecule has 3 amide bonds. The number of nitrogens with zero attached hydrogens (tertiary/aromatic N) is 2. The lowest BCUT2D eigenvalue weighted by atomic mass is 10.1. The Labute approximate surface area is 188 Å². The van der Waals surface area contributed by atoms with Crippen LogP contribution < -0.4 is 5.32 Å². The minimum absolute atomic E-state index is 0.317. The van der Waals surface area contributed by atoms with Crippen molar-refractivity contribution in [2.24, 2.45) is 0 Å². The molecule has 6 nitrogen and oxygen atoms in total. The molecular weight excluding hydrogens is 422 g/mol. The Kier molecular flexibility index (Phi) is 5.09. The molecular formula is C25H17N3O3S. The molecule has 3 aromatic carbocycles. The van der Waals surface area contributed by atoms with E-state index in [0.29, 0.717) is 16.3 Å². The summed E-state index contributed by atoms with van der Waals surface area (Å²) in [5.74, 6) is -1.41. The maximum atomic E-state index is 12.7. The van der Waals surface area contributed by atoms with Crippen molar-refractivity contribution >= 4 is 34.2 Å². The Morgan fingerprint density at radius 3 is 1.91 bits per heavy atom. The van der Waals surface area contributed by atoms with Crippen LogP contribution in [0.4, 0.5) is 5.13 Å². The number of carbonyl (C=O) groups is 3. The molecule has 1 N–H and O–H groups in total. The fourth-order valence-electron chi connectivity index (χ4n) is 3.64. The second-order valence-corrected chi connectivity index (χ2v) is 8.22. The van der Waals surface area contributed by atoms with Gasteiger partial charge in [0.1, 0.15) is 6.54 Å². The molecule has 7 heteroatoms. The van der Waals surface area contributed by atoms with Crippen molar-refractivity contribution in [1.29, 1.82) is 0 Å². The van der Waals surface area contributed by atoms with Gasteiger partial charge in [0.15, 0.2) is 5.13 Å². The summed E-state index contributed by atoms with van der Waals surface area (Å²) < 4.78 is 0. The van der Waals surface area contributed by atoms with E-state index in [9.17, 15) is 14.4 Å². The molecule has 0 aliphatic carbocycles. The van der Waals surface area contributed by atoms with Crippen molar-refractivity contribution in [1.82, 2.24) is 9.88 Å². The van der Waals surface area contributed by atoms with Crippen LogP contribution in [0.15, 0.2) is 84.9 Å². The van der Waals surface area contributed by atoms with E-state index >= 15 is 0 Å². The first kappa shape index (κ1) is 19.8. The zero-order chi connectivity index (χ0) is 22.1. The Hall–Kier alpha value is -4.10. The van der Waals surface area contributed by atoms with Crippen molar-refractivity contribution < 1.29 is 14.4 Å². The van der Waals surface area contributed by atoms with E-state index < -0.39 is 17.7 Å². The molecule has 1 aromatic heterocycles. The third-order valence-electron chi connectivity index (χ3n) is 5.14. The number of imide groups is 1. The highest BCUT2D eigenvalue weighted by Gasteiger charge is 2.36. The Morgan fingerprint density at radius 1 is 0.781 bits per heavy atom. The normalized spacial score (nSPS) is 12.7. The van der Waals surface area contributed by atoms with E-state index in [4.69, 9.17) is 0 Å². The van der Waals surface area contributed by atoms with Crippen LogP contribution in [0.2, 0.25) is 0 Å². The van der Waals surface area contributed by atoms with Gasteiger partial charge in [0.2, 0.25) is 5.91 Å². The predicted molar refractivity (Wildman–Crippen MR) is 123 cm³/mol. The molecule has 0 radical (unpaired) electrons. The van der Waals surface area contributed by atoms with Crippen LogP contribution in [-0.4, -0.2) is 34.2 Å². The molecule has 2 heterocycles. The molecule has 0 spiro atoms. The summed E-state index contributed by atoms with van der Waals surface area (Å²) in [6.07, 6.45) is 0. The van der Waals surface area contributed by atoms with E-state index in [2.05, 4.69) is 10.3 Å². The first-order valence-corrected chi connectivity index (χ1v) is 10.8. The van der Waals surface area contributed by atoms with Gasteiger partial charge < -0.3 is 5.32 Å². The molecule has 0 saturated carbocycles. The summed E-state index contributed by atoms with van der Waals surface area (Å²) in [5, 5.41) is 3.17. The molecule has 4 aromatic rings. The SMILES string of the molecule is O=C(CN1C(=O)c2ccccc2C1=O)Nc1nc(-c2ccccc2)c(-c2ccccc2)s1. The summed E-state index contributed by atoms with van der Waals surface area (Å²) in [5.41, 5.74) is 3.32. The second kappa shape index (κ2) is 8.20. The highest BCUT2D eigenvalue weighted by molar-refractivity contribution is 7.19. The average molecular weight is 439 g/mol. The first-order valence-electron chi connectivity index (χ1n) is 9.98. The number of thiazole rings is 1. The van der Waals surface area contributed by atoms with E-state index in [1.165, 1.54) is 11.3 Å². The first-order chi connectivity index (χ1) is 15.6. The number of benzene rings is 3. The van der Waals surface area contributed by atoms with Crippen LogP contribution >= 0.6 is 11.3 Å². The van der Waals surface area contributed by atoms with Gasteiger partial charge in [-0.3, -0.25) is 19.3 Å². The maximum Gasteiger partial charge on any atom is 0.262 e. The van der Waals surface area contributed by atoms with Crippen molar-refractivity contribution in [2.75, 3.05) is 11.9 Å². The number of fused-ring (bicyclic) bond motifs is 1. The highest BCUT2D eigenvalue weighted by atomic mass is 32.1. The van der Waals surface area contributed by atoms with Gasteiger partial charge in [-0.25, -0.2) is 4.98 Å². The number of aromatic nitrogens is 1. The van der Waals surface area contributed by atoms with E-state index in [1.807, 2.05) is 60.7 Å². The molecule has 1 aliphatic rings. The summed E-state index contributed by atoms with van der Waals surface area (Å²) in [7, 11) is 0. The molecule has 0 saturated heterocycles. The smallest absolute Gasteiger partial charge is 0.262 e. The molecule has 5 rings (SSSR count).